The predicted molar refractivity (Wildman–Crippen MR) is 127 cm³/mol. The Hall–Kier alpha value is -3.18. The molecule has 0 saturated carbocycles. The minimum atomic E-state index is -0.0641. The summed E-state index contributed by atoms with van der Waals surface area (Å²) >= 11 is 0. The van der Waals surface area contributed by atoms with E-state index in [4.69, 9.17) is 0 Å². The molecule has 0 spiro atoms. The van der Waals surface area contributed by atoms with Gasteiger partial charge in [-0.2, -0.15) is 0 Å². The van der Waals surface area contributed by atoms with Crippen LogP contribution in [-0.4, -0.2) is 30.0 Å². The van der Waals surface area contributed by atoms with E-state index in [2.05, 4.69) is 38.7 Å². The van der Waals surface area contributed by atoms with E-state index in [1.165, 1.54) is 11.3 Å². The number of hydrogen-bond acceptors (Lipinski definition) is 4. The summed E-state index contributed by atoms with van der Waals surface area (Å²) in [5, 5.41) is 6.67. The van der Waals surface area contributed by atoms with Crippen molar-refractivity contribution < 1.29 is 4.79 Å². The smallest absolute Gasteiger partial charge is 0.255 e. The van der Waals surface area contributed by atoms with Crippen LogP contribution < -0.4 is 15.5 Å². The zero-order valence-electron chi connectivity index (χ0n) is 18.3. The number of anilines is 2. The number of carbonyl (C=O) groups excluding carboxylic acids is 1. The summed E-state index contributed by atoms with van der Waals surface area (Å²) < 4.78 is 0. The molecule has 2 heterocycles. The van der Waals surface area contributed by atoms with E-state index in [-0.39, 0.29) is 5.91 Å². The fourth-order valence-corrected chi connectivity index (χ4v) is 4.13. The summed E-state index contributed by atoms with van der Waals surface area (Å²) in [6, 6.07) is 18.7. The predicted octanol–water partition coefficient (Wildman–Crippen LogP) is 4.71. The average Bonchev–Trinajstić information content (AvgIpc) is 2.79. The van der Waals surface area contributed by atoms with Gasteiger partial charge in [0.05, 0.1) is 0 Å². The Labute approximate surface area is 184 Å². The van der Waals surface area contributed by atoms with Gasteiger partial charge in [0.15, 0.2) is 0 Å². The summed E-state index contributed by atoms with van der Waals surface area (Å²) in [4.78, 5) is 19.2. The molecule has 5 nitrogen and oxygen atoms in total. The second-order valence-electron chi connectivity index (χ2n) is 8.32. The molecular formula is C26H30N4O. The van der Waals surface area contributed by atoms with E-state index >= 15 is 0 Å². The first-order valence-corrected chi connectivity index (χ1v) is 10.9. The van der Waals surface area contributed by atoms with Gasteiger partial charge >= 0.3 is 0 Å². The molecule has 1 aliphatic heterocycles. The van der Waals surface area contributed by atoms with Gasteiger partial charge in [-0.1, -0.05) is 23.8 Å². The molecule has 5 heteroatoms. The molecule has 0 aliphatic carbocycles. The lowest BCUT2D eigenvalue weighted by molar-refractivity contribution is 0.102. The number of piperidine rings is 1. The molecule has 0 unspecified atom stereocenters. The zero-order valence-corrected chi connectivity index (χ0v) is 18.3. The Balaban J connectivity index is 1.28. The molecule has 0 atom stereocenters. The van der Waals surface area contributed by atoms with Crippen LogP contribution in [-0.2, 0) is 6.54 Å². The monoisotopic (exact) mass is 414 g/mol. The van der Waals surface area contributed by atoms with E-state index in [1.807, 2.05) is 62.6 Å². The Morgan fingerprint density at radius 3 is 2.52 bits per heavy atom. The Morgan fingerprint density at radius 1 is 1.06 bits per heavy atom. The first-order valence-electron chi connectivity index (χ1n) is 10.9. The normalized spacial score (nSPS) is 14.5. The van der Waals surface area contributed by atoms with Crippen molar-refractivity contribution in [3.63, 3.8) is 0 Å². The number of pyridine rings is 1. The molecule has 2 aromatic carbocycles. The third-order valence-electron chi connectivity index (χ3n) is 5.93. The topological polar surface area (TPSA) is 57.3 Å². The minimum Gasteiger partial charge on any atom is -0.371 e. The second kappa shape index (κ2) is 9.75. The first-order chi connectivity index (χ1) is 15.1. The summed E-state index contributed by atoms with van der Waals surface area (Å²) in [5.74, 6) is -0.0641. The van der Waals surface area contributed by atoms with Crippen LogP contribution >= 0.6 is 0 Å². The Morgan fingerprint density at radius 2 is 1.84 bits per heavy atom. The van der Waals surface area contributed by atoms with Crippen molar-refractivity contribution in [3.8, 4) is 0 Å². The number of rotatable bonds is 6. The van der Waals surface area contributed by atoms with Crippen molar-refractivity contribution in [1.82, 2.24) is 10.3 Å². The van der Waals surface area contributed by atoms with Crippen molar-refractivity contribution in [1.29, 1.82) is 0 Å². The highest BCUT2D eigenvalue weighted by atomic mass is 16.1. The zero-order chi connectivity index (χ0) is 21.6. The van der Waals surface area contributed by atoms with Crippen LogP contribution in [0.2, 0.25) is 0 Å². The van der Waals surface area contributed by atoms with Crippen LogP contribution in [0, 0.1) is 13.8 Å². The minimum absolute atomic E-state index is 0.0641. The maximum atomic E-state index is 12.6. The van der Waals surface area contributed by atoms with Crippen molar-refractivity contribution in [2.75, 3.05) is 23.3 Å². The lowest BCUT2D eigenvalue weighted by Crippen LogP contribution is -2.42. The highest BCUT2D eigenvalue weighted by Gasteiger charge is 2.19. The van der Waals surface area contributed by atoms with Crippen LogP contribution in [0.4, 0.5) is 11.4 Å². The lowest BCUT2D eigenvalue weighted by Gasteiger charge is -2.34. The van der Waals surface area contributed by atoms with Gasteiger partial charge in [0, 0.05) is 55.0 Å². The highest BCUT2D eigenvalue weighted by molar-refractivity contribution is 6.05. The molecule has 160 valence electrons. The standard InChI is InChI=1S/C26H30N4O/c1-19-5-10-25(20(2)16-19)26(31)29-23-6-8-24(9-7-23)30-14-11-22(12-15-30)28-18-21-4-3-13-27-17-21/h3-10,13,16-17,22,28H,11-12,14-15,18H2,1-2H3,(H,29,31). The third-order valence-corrected chi connectivity index (χ3v) is 5.93. The molecule has 0 radical (unpaired) electrons. The van der Waals surface area contributed by atoms with Crippen LogP contribution in [0.3, 0.4) is 0 Å². The quantitative estimate of drug-likeness (QED) is 0.613. The van der Waals surface area contributed by atoms with Gasteiger partial charge in [-0.25, -0.2) is 0 Å². The van der Waals surface area contributed by atoms with Gasteiger partial charge in [-0.15, -0.1) is 0 Å². The maximum Gasteiger partial charge on any atom is 0.255 e. The summed E-state index contributed by atoms with van der Waals surface area (Å²) in [7, 11) is 0. The van der Waals surface area contributed by atoms with Gasteiger partial charge in [-0.3, -0.25) is 9.78 Å². The molecule has 4 rings (SSSR count). The number of amides is 1. The van der Waals surface area contributed by atoms with Crippen molar-refractivity contribution >= 4 is 17.3 Å². The molecule has 2 N–H and O–H groups in total. The number of benzene rings is 2. The van der Waals surface area contributed by atoms with Gasteiger partial charge in [0.1, 0.15) is 0 Å². The number of nitrogens with one attached hydrogen (secondary N) is 2. The molecular weight excluding hydrogens is 384 g/mol. The molecule has 1 aromatic heterocycles. The van der Waals surface area contributed by atoms with Crippen molar-refractivity contribution in [2.24, 2.45) is 0 Å². The number of aromatic nitrogens is 1. The fraction of sp³-hybridized carbons (Fsp3) is 0.308. The molecule has 3 aromatic rings. The van der Waals surface area contributed by atoms with Gasteiger partial charge < -0.3 is 15.5 Å². The number of nitrogens with zero attached hydrogens (tertiary/aromatic N) is 2. The van der Waals surface area contributed by atoms with Gasteiger partial charge in [0.2, 0.25) is 0 Å². The Bertz CT molecular complexity index is 1010. The maximum absolute atomic E-state index is 12.6. The SMILES string of the molecule is Cc1ccc(C(=O)Nc2ccc(N3CCC(NCc4cccnc4)CC3)cc2)c(C)c1. The highest BCUT2D eigenvalue weighted by Crippen LogP contribution is 2.23. The fourth-order valence-electron chi connectivity index (χ4n) is 4.13. The second-order valence-corrected chi connectivity index (χ2v) is 8.32. The molecule has 1 fully saturated rings. The largest absolute Gasteiger partial charge is 0.371 e. The summed E-state index contributed by atoms with van der Waals surface area (Å²) in [6.07, 6.45) is 5.96. The molecule has 0 bridgehead atoms. The average molecular weight is 415 g/mol. The number of hydrogen-bond donors (Lipinski definition) is 2. The molecule has 1 saturated heterocycles. The van der Waals surface area contributed by atoms with E-state index < -0.39 is 0 Å². The van der Waals surface area contributed by atoms with E-state index in [0.717, 1.165) is 54.9 Å². The summed E-state index contributed by atoms with van der Waals surface area (Å²) in [6.45, 7) is 6.93. The lowest BCUT2D eigenvalue weighted by atomic mass is 10.0. The third kappa shape index (κ3) is 5.50. The number of aryl methyl sites for hydroxylation is 2. The molecule has 31 heavy (non-hydrogen) atoms. The van der Waals surface area contributed by atoms with Crippen molar-refractivity contribution in [3.05, 3.63) is 89.2 Å². The Kier molecular flexibility index (Phi) is 6.63. The van der Waals surface area contributed by atoms with Crippen LogP contribution in [0.15, 0.2) is 67.0 Å². The number of carbonyl (C=O) groups is 1. The van der Waals surface area contributed by atoms with E-state index in [0.29, 0.717) is 6.04 Å². The van der Waals surface area contributed by atoms with Gasteiger partial charge in [0.25, 0.3) is 5.91 Å². The van der Waals surface area contributed by atoms with Crippen LogP contribution in [0.1, 0.15) is 39.9 Å². The molecule has 1 aliphatic rings. The molecule has 1 amide bonds. The van der Waals surface area contributed by atoms with Crippen molar-refractivity contribution in [2.45, 2.75) is 39.3 Å². The summed E-state index contributed by atoms with van der Waals surface area (Å²) in [5.41, 5.74) is 6.12. The van der Waals surface area contributed by atoms with Crippen LogP contribution in [0.5, 0.6) is 0 Å². The van der Waals surface area contributed by atoms with Crippen LogP contribution in [0.25, 0.3) is 0 Å². The van der Waals surface area contributed by atoms with E-state index in [9.17, 15) is 4.79 Å². The first kappa shape index (κ1) is 21.1. The van der Waals surface area contributed by atoms with E-state index in [1.54, 1.807) is 0 Å². The van der Waals surface area contributed by atoms with Gasteiger partial charge in [-0.05, 0) is 74.2 Å².